The van der Waals surface area contributed by atoms with Crippen molar-refractivity contribution >= 4 is 11.4 Å². The van der Waals surface area contributed by atoms with Crippen LogP contribution in [0.5, 0.6) is 5.75 Å². The largest absolute Gasteiger partial charge is 0.508 e. The van der Waals surface area contributed by atoms with E-state index in [1.54, 1.807) is 12.1 Å². The van der Waals surface area contributed by atoms with E-state index in [9.17, 15) is 5.11 Å². The van der Waals surface area contributed by atoms with Gasteiger partial charge in [-0.05, 0) is 35.1 Å². The van der Waals surface area contributed by atoms with Crippen LogP contribution in [0.3, 0.4) is 0 Å². The van der Waals surface area contributed by atoms with Crippen LogP contribution in [0.25, 0.3) is 0 Å². The highest BCUT2D eigenvalue weighted by molar-refractivity contribution is 5.69. The maximum absolute atomic E-state index is 9.61. The minimum absolute atomic E-state index is 0.281. The topological polar surface area (TPSA) is 32.3 Å². The first-order valence-corrected chi connectivity index (χ1v) is 7.18. The maximum Gasteiger partial charge on any atom is 0.117 e. The van der Waals surface area contributed by atoms with Gasteiger partial charge in [-0.2, -0.15) is 0 Å². The van der Waals surface area contributed by atoms with Crippen molar-refractivity contribution in [2.24, 2.45) is 0 Å². The lowest BCUT2D eigenvalue weighted by Gasteiger charge is -2.21. The van der Waals surface area contributed by atoms with E-state index >= 15 is 0 Å². The Balaban J connectivity index is 2.48. The number of para-hydroxylation sites is 1. The van der Waals surface area contributed by atoms with Crippen LogP contribution in [0, 0.1) is 0 Å². The average Bonchev–Trinajstić information content (AvgIpc) is 2.38. The normalized spacial score (nSPS) is 11.1. The molecule has 0 spiro atoms. The molecule has 106 valence electrons. The van der Waals surface area contributed by atoms with Gasteiger partial charge >= 0.3 is 0 Å². The van der Waals surface area contributed by atoms with E-state index in [4.69, 9.17) is 0 Å². The lowest BCUT2D eigenvalue weighted by molar-refractivity contribution is 0.475. The summed E-state index contributed by atoms with van der Waals surface area (Å²) in [6, 6.07) is 13.7. The summed E-state index contributed by atoms with van der Waals surface area (Å²) in [6.45, 7) is 8.81. The van der Waals surface area contributed by atoms with Crippen LogP contribution in [0.1, 0.15) is 50.7 Å². The minimum Gasteiger partial charge on any atom is -0.508 e. The quantitative estimate of drug-likeness (QED) is 0.780. The van der Waals surface area contributed by atoms with E-state index in [0.717, 1.165) is 5.69 Å². The molecule has 0 saturated heterocycles. The molecule has 2 N–H and O–H groups in total. The lowest BCUT2D eigenvalue weighted by atomic mass is 9.92. The van der Waals surface area contributed by atoms with Gasteiger partial charge in [0, 0.05) is 17.4 Å². The number of hydrogen-bond donors (Lipinski definition) is 2. The monoisotopic (exact) mass is 269 g/mol. The Morgan fingerprint density at radius 2 is 1.40 bits per heavy atom. The number of phenols is 1. The van der Waals surface area contributed by atoms with E-state index < -0.39 is 0 Å². The molecule has 0 saturated carbocycles. The van der Waals surface area contributed by atoms with Crippen molar-refractivity contribution in [3.63, 3.8) is 0 Å². The summed E-state index contributed by atoms with van der Waals surface area (Å²) in [5.41, 5.74) is 4.70. The standard InChI is InChI=1S/C18H23NO/c1-12(2)16-9-6-10-17(13(3)4)18(16)19-14-7-5-8-15(20)11-14/h5-13,19-20H,1-4H3. The van der Waals surface area contributed by atoms with Crippen molar-refractivity contribution < 1.29 is 5.11 Å². The predicted octanol–water partition coefficient (Wildman–Crippen LogP) is 5.38. The van der Waals surface area contributed by atoms with Crippen molar-refractivity contribution in [3.8, 4) is 5.75 Å². The molecule has 2 heteroatoms. The second kappa shape index (κ2) is 6.00. The van der Waals surface area contributed by atoms with Crippen LogP contribution in [0.2, 0.25) is 0 Å². The van der Waals surface area contributed by atoms with Gasteiger partial charge in [0.15, 0.2) is 0 Å². The summed E-state index contributed by atoms with van der Waals surface area (Å²) < 4.78 is 0. The van der Waals surface area contributed by atoms with Crippen LogP contribution < -0.4 is 5.32 Å². The maximum atomic E-state index is 9.61. The Bertz CT molecular complexity index is 561. The Kier molecular flexibility index (Phi) is 4.33. The zero-order valence-electron chi connectivity index (χ0n) is 12.6. The Morgan fingerprint density at radius 3 is 1.90 bits per heavy atom. The highest BCUT2D eigenvalue weighted by Gasteiger charge is 2.13. The third-order valence-corrected chi connectivity index (χ3v) is 3.49. The van der Waals surface area contributed by atoms with Crippen LogP contribution in [-0.4, -0.2) is 5.11 Å². The Labute approximate surface area is 121 Å². The number of aromatic hydroxyl groups is 1. The molecule has 0 fully saturated rings. The molecule has 0 bridgehead atoms. The number of benzene rings is 2. The molecule has 0 unspecified atom stereocenters. The first kappa shape index (κ1) is 14.4. The van der Waals surface area contributed by atoms with Gasteiger partial charge in [0.25, 0.3) is 0 Å². The minimum atomic E-state index is 0.281. The summed E-state index contributed by atoms with van der Waals surface area (Å²) in [7, 11) is 0. The van der Waals surface area contributed by atoms with E-state index in [1.165, 1.54) is 16.8 Å². The number of anilines is 2. The van der Waals surface area contributed by atoms with Crippen molar-refractivity contribution in [2.75, 3.05) is 5.32 Å². The SMILES string of the molecule is CC(C)c1cccc(C(C)C)c1Nc1cccc(O)c1. The molecule has 0 heterocycles. The van der Waals surface area contributed by atoms with Crippen molar-refractivity contribution in [3.05, 3.63) is 53.6 Å². The van der Waals surface area contributed by atoms with Crippen LogP contribution >= 0.6 is 0 Å². The van der Waals surface area contributed by atoms with Gasteiger partial charge in [-0.3, -0.25) is 0 Å². The first-order chi connectivity index (χ1) is 9.49. The molecule has 2 rings (SSSR count). The molecule has 0 aliphatic heterocycles. The summed E-state index contributed by atoms with van der Waals surface area (Å²) in [6.07, 6.45) is 0. The highest BCUT2D eigenvalue weighted by atomic mass is 16.3. The summed E-state index contributed by atoms with van der Waals surface area (Å²) in [4.78, 5) is 0. The Morgan fingerprint density at radius 1 is 0.850 bits per heavy atom. The summed E-state index contributed by atoms with van der Waals surface area (Å²) >= 11 is 0. The lowest BCUT2D eigenvalue weighted by Crippen LogP contribution is -2.03. The molecule has 0 aromatic heterocycles. The summed E-state index contributed by atoms with van der Waals surface area (Å²) in [5.74, 6) is 1.19. The fourth-order valence-corrected chi connectivity index (χ4v) is 2.42. The molecule has 0 aliphatic rings. The second-order valence-electron chi connectivity index (χ2n) is 5.80. The van der Waals surface area contributed by atoms with Gasteiger partial charge in [0.1, 0.15) is 5.75 Å². The zero-order chi connectivity index (χ0) is 14.7. The number of nitrogens with one attached hydrogen (secondary N) is 1. The molecule has 2 aromatic rings. The van der Waals surface area contributed by atoms with E-state index in [0.29, 0.717) is 11.8 Å². The smallest absolute Gasteiger partial charge is 0.117 e. The fraction of sp³-hybridized carbons (Fsp3) is 0.333. The van der Waals surface area contributed by atoms with Crippen molar-refractivity contribution in [1.29, 1.82) is 0 Å². The van der Waals surface area contributed by atoms with Gasteiger partial charge in [0.05, 0.1) is 0 Å². The number of hydrogen-bond acceptors (Lipinski definition) is 2. The van der Waals surface area contributed by atoms with Crippen LogP contribution in [0.4, 0.5) is 11.4 Å². The van der Waals surface area contributed by atoms with E-state index in [1.807, 2.05) is 12.1 Å². The predicted molar refractivity (Wildman–Crippen MR) is 86.0 cm³/mol. The van der Waals surface area contributed by atoms with Crippen molar-refractivity contribution in [1.82, 2.24) is 0 Å². The third-order valence-electron chi connectivity index (χ3n) is 3.49. The molecular weight excluding hydrogens is 246 g/mol. The molecule has 0 aliphatic carbocycles. The second-order valence-corrected chi connectivity index (χ2v) is 5.80. The highest BCUT2D eigenvalue weighted by Crippen LogP contribution is 2.34. The van der Waals surface area contributed by atoms with E-state index in [-0.39, 0.29) is 5.75 Å². The Hall–Kier alpha value is -1.96. The third kappa shape index (κ3) is 3.13. The molecule has 0 amide bonds. The average molecular weight is 269 g/mol. The van der Waals surface area contributed by atoms with Gasteiger partial charge in [0.2, 0.25) is 0 Å². The van der Waals surface area contributed by atoms with Gasteiger partial charge < -0.3 is 10.4 Å². The zero-order valence-corrected chi connectivity index (χ0v) is 12.6. The first-order valence-electron chi connectivity index (χ1n) is 7.18. The molecule has 20 heavy (non-hydrogen) atoms. The van der Waals surface area contributed by atoms with E-state index in [2.05, 4.69) is 51.2 Å². The molecule has 2 aromatic carbocycles. The van der Waals surface area contributed by atoms with Crippen molar-refractivity contribution in [2.45, 2.75) is 39.5 Å². The van der Waals surface area contributed by atoms with Gasteiger partial charge in [-0.25, -0.2) is 0 Å². The van der Waals surface area contributed by atoms with Crippen LogP contribution in [-0.2, 0) is 0 Å². The van der Waals surface area contributed by atoms with Gasteiger partial charge in [-0.15, -0.1) is 0 Å². The fourth-order valence-electron chi connectivity index (χ4n) is 2.42. The van der Waals surface area contributed by atoms with Crippen LogP contribution in [0.15, 0.2) is 42.5 Å². The summed E-state index contributed by atoms with van der Waals surface area (Å²) in [5, 5.41) is 13.1. The van der Waals surface area contributed by atoms with Gasteiger partial charge in [-0.1, -0.05) is 52.0 Å². The number of phenolic OH excluding ortho intramolecular Hbond substituents is 1. The molecular formula is C18H23NO. The molecule has 0 atom stereocenters. The molecule has 0 radical (unpaired) electrons. The molecule has 2 nitrogen and oxygen atoms in total. The number of rotatable bonds is 4.